The van der Waals surface area contributed by atoms with Gasteiger partial charge in [0, 0.05) is 0 Å². The van der Waals surface area contributed by atoms with Crippen molar-refractivity contribution in [1.29, 1.82) is 0 Å². The molecule has 0 saturated carbocycles. The van der Waals surface area contributed by atoms with Crippen LogP contribution in [0.2, 0.25) is 0 Å². The second-order valence-corrected chi connectivity index (χ2v) is 8.32. The number of benzene rings is 2. The summed E-state index contributed by atoms with van der Waals surface area (Å²) in [5.41, 5.74) is -2.00. The number of rotatable bonds is 6. The topological polar surface area (TPSA) is 171 Å². The van der Waals surface area contributed by atoms with E-state index in [4.69, 9.17) is 9.11 Å². The van der Waals surface area contributed by atoms with E-state index in [1.54, 1.807) is 0 Å². The molecule has 0 radical (unpaired) electrons. The highest BCUT2D eigenvalue weighted by Gasteiger charge is 2.30. The molecule has 0 atom stereocenters. The van der Waals surface area contributed by atoms with Crippen molar-refractivity contribution in [1.82, 2.24) is 0 Å². The first-order valence-corrected chi connectivity index (χ1v) is 10.6. The standard InChI is InChI=1S/C16H12F2O11S2/c1-27-13-9(30(21,22)23)5-3-7(11(13)17)15(19)29-16(20)8-4-6-10(31(24,25)26)14(28-2)12(8)18/h3-6H,1-2H3,(H,21,22,23)(H,24,25,26). The van der Waals surface area contributed by atoms with Crippen LogP contribution in [0.25, 0.3) is 0 Å². The van der Waals surface area contributed by atoms with Crippen LogP contribution in [0.1, 0.15) is 20.7 Å². The SMILES string of the molecule is COc1c(S(=O)(=O)O)ccc(C(=O)OC(=O)c2ccc(S(=O)(=O)O)c(OC)c2F)c1F. The fourth-order valence-electron chi connectivity index (χ4n) is 2.37. The zero-order valence-electron chi connectivity index (χ0n) is 15.5. The maximum Gasteiger partial charge on any atom is 0.349 e. The summed E-state index contributed by atoms with van der Waals surface area (Å²) in [6.07, 6.45) is 0. The Hall–Kier alpha value is -3.14. The lowest BCUT2D eigenvalue weighted by molar-refractivity contribution is 0.0390. The molecule has 31 heavy (non-hydrogen) atoms. The van der Waals surface area contributed by atoms with E-state index >= 15 is 0 Å². The first kappa shape index (κ1) is 24.1. The van der Waals surface area contributed by atoms with Gasteiger partial charge in [-0.3, -0.25) is 9.11 Å². The highest BCUT2D eigenvalue weighted by molar-refractivity contribution is 7.86. The van der Waals surface area contributed by atoms with E-state index in [0.29, 0.717) is 24.3 Å². The summed E-state index contributed by atoms with van der Waals surface area (Å²) >= 11 is 0. The molecule has 11 nitrogen and oxygen atoms in total. The zero-order valence-corrected chi connectivity index (χ0v) is 17.1. The van der Waals surface area contributed by atoms with Crippen LogP contribution in [0.3, 0.4) is 0 Å². The fourth-order valence-corrected chi connectivity index (χ4v) is 3.67. The first-order chi connectivity index (χ1) is 14.2. The van der Waals surface area contributed by atoms with Gasteiger partial charge in [-0.15, -0.1) is 0 Å². The Balaban J connectivity index is 2.45. The van der Waals surface area contributed by atoms with Gasteiger partial charge in [-0.2, -0.15) is 16.8 Å². The molecule has 0 fully saturated rings. The van der Waals surface area contributed by atoms with Crippen molar-refractivity contribution < 1.29 is 58.5 Å². The molecule has 0 spiro atoms. The van der Waals surface area contributed by atoms with Gasteiger partial charge in [-0.05, 0) is 24.3 Å². The summed E-state index contributed by atoms with van der Waals surface area (Å²) in [4.78, 5) is 22.2. The van der Waals surface area contributed by atoms with Crippen LogP contribution in [0, 0.1) is 11.6 Å². The minimum absolute atomic E-state index is 0.564. The van der Waals surface area contributed by atoms with Crippen molar-refractivity contribution in [2.24, 2.45) is 0 Å². The lowest BCUT2D eigenvalue weighted by Gasteiger charge is -2.12. The molecule has 15 heteroatoms. The Kier molecular flexibility index (Phi) is 6.65. The largest absolute Gasteiger partial charge is 0.492 e. The molecule has 0 aliphatic rings. The molecular weight excluding hydrogens is 470 g/mol. The first-order valence-electron chi connectivity index (χ1n) is 7.68. The van der Waals surface area contributed by atoms with E-state index in [1.165, 1.54) is 0 Å². The Bertz CT molecular complexity index is 1190. The number of hydrogen-bond acceptors (Lipinski definition) is 9. The highest BCUT2D eigenvalue weighted by Crippen LogP contribution is 2.31. The summed E-state index contributed by atoms with van der Waals surface area (Å²) in [5.74, 6) is -8.69. The van der Waals surface area contributed by atoms with Gasteiger partial charge >= 0.3 is 11.9 Å². The Morgan fingerprint density at radius 2 is 1.06 bits per heavy atom. The molecule has 0 heterocycles. The fraction of sp³-hybridized carbons (Fsp3) is 0.125. The average Bonchev–Trinajstić information content (AvgIpc) is 2.65. The molecule has 0 unspecified atom stereocenters. The molecule has 2 N–H and O–H groups in total. The monoisotopic (exact) mass is 482 g/mol. The van der Waals surface area contributed by atoms with Crippen LogP contribution in [0.4, 0.5) is 8.78 Å². The van der Waals surface area contributed by atoms with Crippen molar-refractivity contribution in [2.45, 2.75) is 9.79 Å². The molecule has 2 aromatic rings. The maximum atomic E-state index is 14.4. The third-order valence-electron chi connectivity index (χ3n) is 3.71. The average molecular weight is 482 g/mol. The minimum Gasteiger partial charge on any atom is -0.492 e. The summed E-state index contributed by atoms with van der Waals surface area (Å²) in [6, 6.07) is 2.33. The van der Waals surface area contributed by atoms with Gasteiger partial charge in [0.05, 0.1) is 25.3 Å². The van der Waals surface area contributed by atoms with Gasteiger partial charge in [0.1, 0.15) is 9.79 Å². The number of methoxy groups -OCH3 is 2. The van der Waals surface area contributed by atoms with Gasteiger partial charge in [-0.25, -0.2) is 18.4 Å². The van der Waals surface area contributed by atoms with E-state index in [0.717, 1.165) is 14.2 Å². The number of carbonyl (C=O) groups excluding carboxylic acids is 2. The Morgan fingerprint density at radius 1 is 0.742 bits per heavy atom. The summed E-state index contributed by atoms with van der Waals surface area (Å²) in [5, 5.41) is 0. The van der Waals surface area contributed by atoms with E-state index in [2.05, 4.69) is 14.2 Å². The predicted molar refractivity (Wildman–Crippen MR) is 95.3 cm³/mol. The molecule has 168 valence electrons. The molecule has 0 aliphatic carbocycles. The summed E-state index contributed by atoms with van der Waals surface area (Å²) in [6.45, 7) is 0. The molecule has 0 saturated heterocycles. The van der Waals surface area contributed by atoms with Crippen LogP contribution < -0.4 is 9.47 Å². The molecule has 0 aromatic heterocycles. The number of halogens is 2. The van der Waals surface area contributed by atoms with E-state index in [9.17, 15) is 35.2 Å². The lowest BCUT2D eigenvalue weighted by Crippen LogP contribution is -2.17. The number of hydrogen-bond donors (Lipinski definition) is 2. The Morgan fingerprint density at radius 3 is 1.32 bits per heavy atom. The van der Waals surface area contributed by atoms with E-state index in [1.807, 2.05) is 0 Å². The van der Waals surface area contributed by atoms with Crippen LogP contribution in [-0.2, 0) is 25.0 Å². The molecule has 0 bridgehead atoms. The van der Waals surface area contributed by atoms with Gasteiger partial charge in [0.15, 0.2) is 23.1 Å². The van der Waals surface area contributed by atoms with Gasteiger partial charge in [-0.1, -0.05) is 0 Å². The maximum absolute atomic E-state index is 14.4. The van der Waals surface area contributed by atoms with E-state index in [-0.39, 0.29) is 0 Å². The smallest absolute Gasteiger partial charge is 0.349 e. The quantitative estimate of drug-likeness (QED) is 0.347. The number of ether oxygens (including phenoxy) is 3. The molecular formula is C16H12F2O11S2. The van der Waals surface area contributed by atoms with Gasteiger partial charge in [0.2, 0.25) is 0 Å². The van der Waals surface area contributed by atoms with Crippen LogP contribution >= 0.6 is 0 Å². The van der Waals surface area contributed by atoms with Crippen LogP contribution in [-0.4, -0.2) is 52.1 Å². The number of esters is 2. The van der Waals surface area contributed by atoms with Gasteiger partial charge < -0.3 is 14.2 Å². The second-order valence-electron chi connectivity index (χ2n) is 5.54. The molecule has 0 aliphatic heterocycles. The molecule has 2 rings (SSSR count). The lowest BCUT2D eigenvalue weighted by atomic mass is 10.2. The Labute approximate surface area is 173 Å². The summed E-state index contributed by atoms with van der Waals surface area (Å²) < 4.78 is 105. The molecule has 0 amide bonds. The predicted octanol–water partition coefficient (Wildman–Crippen LogP) is 1.47. The zero-order chi connectivity index (χ0) is 23.7. The minimum atomic E-state index is -4.92. The van der Waals surface area contributed by atoms with Crippen LogP contribution in [0.15, 0.2) is 34.1 Å². The summed E-state index contributed by atoms with van der Waals surface area (Å²) in [7, 11) is -8.17. The normalized spacial score (nSPS) is 11.7. The van der Waals surface area contributed by atoms with Crippen molar-refractivity contribution in [3.8, 4) is 11.5 Å². The highest BCUT2D eigenvalue weighted by atomic mass is 32.2. The van der Waals surface area contributed by atoms with Gasteiger partial charge in [0.25, 0.3) is 20.2 Å². The van der Waals surface area contributed by atoms with Crippen molar-refractivity contribution in [3.63, 3.8) is 0 Å². The third-order valence-corrected chi connectivity index (χ3v) is 5.47. The van der Waals surface area contributed by atoms with Crippen molar-refractivity contribution >= 4 is 32.2 Å². The second kappa shape index (κ2) is 8.54. The van der Waals surface area contributed by atoms with Crippen LogP contribution in [0.5, 0.6) is 11.5 Å². The van der Waals surface area contributed by atoms with E-state index < -0.39 is 76.2 Å². The van der Waals surface area contributed by atoms with Crippen molar-refractivity contribution in [3.05, 3.63) is 47.0 Å². The third kappa shape index (κ3) is 4.79. The number of carbonyl (C=O) groups is 2. The molecule has 2 aromatic carbocycles. The van der Waals surface area contributed by atoms with Crippen molar-refractivity contribution in [2.75, 3.05) is 14.2 Å².